The van der Waals surface area contributed by atoms with Crippen LogP contribution in [0.25, 0.3) is 6.08 Å². The Morgan fingerprint density at radius 1 is 1.14 bits per heavy atom. The SMILES string of the molecule is COc1ccccc1Sc1cc(O)c(C=C2C(=O)OC(C)(C)OC2=O)c(Cl)c1. The van der Waals surface area contributed by atoms with Gasteiger partial charge < -0.3 is 19.3 Å². The molecular weight excluding hydrogens is 404 g/mol. The van der Waals surface area contributed by atoms with Crippen molar-refractivity contribution in [3.63, 3.8) is 0 Å². The van der Waals surface area contributed by atoms with E-state index in [1.54, 1.807) is 13.2 Å². The lowest BCUT2D eigenvalue weighted by molar-refractivity contribution is -0.222. The number of methoxy groups -OCH3 is 1. The van der Waals surface area contributed by atoms with E-state index >= 15 is 0 Å². The standard InChI is InChI=1S/C20H17ClO6S/c1-20(2)26-18(23)13(19(24)27-20)10-12-14(21)8-11(9-15(12)22)28-17-7-5-4-6-16(17)25-3/h4-10,22H,1-3H3. The predicted octanol–water partition coefficient (Wildman–Crippen LogP) is 4.42. The molecule has 0 amide bonds. The average molecular weight is 421 g/mol. The third kappa shape index (κ3) is 4.26. The molecule has 6 nitrogen and oxygen atoms in total. The number of aromatic hydroxyl groups is 1. The molecule has 0 radical (unpaired) electrons. The Kier molecular flexibility index (Phi) is 5.58. The number of phenolic OH excluding ortho intramolecular Hbond substituents is 1. The predicted molar refractivity (Wildman–Crippen MR) is 104 cm³/mol. The maximum atomic E-state index is 12.1. The molecule has 1 aliphatic heterocycles. The molecule has 0 spiro atoms. The summed E-state index contributed by atoms with van der Waals surface area (Å²) in [5.41, 5.74) is -0.226. The summed E-state index contributed by atoms with van der Waals surface area (Å²) in [5.74, 6) is -2.53. The fourth-order valence-electron chi connectivity index (χ4n) is 2.53. The average Bonchev–Trinajstić information content (AvgIpc) is 2.59. The van der Waals surface area contributed by atoms with Gasteiger partial charge in [0.2, 0.25) is 0 Å². The van der Waals surface area contributed by atoms with Gasteiger partial charge in [0.05, 0.1) is 17.0 Å². The molecule has 1 fully saturated rings. The summed E-state index contributed by atoms with van der Waals surface area (Å²) in [4.78, 5) is 25.7. The van der Waals surface area contributed by atoms with Crippen LogP contribution in [0.15, 0.2) is 51.8 Å². The number of hydrogen-bond acceptors (Lipinski definition) is 7. The topological polar surface area (TPSA) is 82.1 Å². The van der Waals surface area contributed by atoms with Crippen LogP contribution in [0.2, 0.25) is 5.02 Å². The Labute approximate surface area is 171 Å². The number of phenols is 1. The molecular formula is C20H17ClO6S. The molecule has 8 heteroatoms. The van der Waals surface area contributed by atoms with Crippen molar-refractivity contribution < 1.29 is 28.9 Å². The number of esters is 2. The summed E-state index contributed by atoms with van der Waals surface area (Å²) in [7, 11) is 1.57. The second-order valence-electron chi connectivity index (χ2n) is 6.33. The van der Waals surface area contributed by atoms with Gasteiger partial charge in [0.15, 0.2) is 0 Å². The lowest BCUT2D eigenvalue weighted by Crippen LogP contribution is -2.41. The smallest absolute Gasteiger partial charge is 0.348 e. The maximum absolute atomic E-state index is 12.1. The normalized spacial score (nSPS) is 15.6. The van der Waals surface area contributed by atoms with Gasteiger partial charge in [-0.2, -0.15) is 0 Å². The molecule has 2 aromatic rings. The highest BCUT2D eigenvalue weighted by Crippen LogP contribution is 2.40. The third-order valence-corrected chi connectivity index (χ3v) is 5.12. The van der Waals surface area contributed by atoms with Crippen molar-refractivity contribution >= 4 is 41.4 Å². The van der Waals surface area contributed by atoms with Crippen molar-refractivity contribution in [3.8, 4) is 11.5 Å². The number of carbonyl (C=O) groups excluding carboxylic acids is 2. The van der Waals surface area contributed by atoms with Crippen LogP contribution in [0, 0.1) is 0 Å². The summed E-state index contributed by atoms with van der Waals surface area (Å²) >= 11 is 7.64. The summed E-state index contributed by atoms with van der Waals surface area (Å²) in [5, 5.41) is 10.6. The van der Waals surface area contributed by atoms with E-state index in [2.05, 4.69) is 0 Å². The first-order valence-electron chi connectivity index (χ1n) is 8.22. The number of rotatable bonds is 4. The Bertz CT molecular complexity index is 937. The Hall–Kier alpha value is -2.64. The highest BCUT2D eigenvalue weighted by Gasteiger charge is 2.39. The molecule has 0 bridgehead atoms. The van der Waals surface area contributed by atoms with Crippen molar-refractivity contribution in [2.45, 2.75) is 29.4 Å². The Morgan fingerprint density at radius 3 is 2.39 bits per heavy atom. The van der Waals surface area contributed by atoms with Crippen molar-refractivity contribution in [2.75, 3.05) is 7.11 Å². The monoisotopic (exact) mass is 420 g/mol. The molecule has 0 unspecified atom stereocenters. The van der Waals surface area contributed by atoms with Crippen LogP contribution in [-0.4, -0.2) is 29.9 Å². The van der Waals surface area contributed by atoms with Crippen LogP contribution >= 0.6 is 23.4 Å². The maximum Gasteiger partial charge on any atom is 0.348 e. The molecule has 3 rings (SSSR count). The first-order valence-corrected chi connectivity index (χ1v) is 9.41. The molecule has 0 aliphatic carbocycles. The minimum absolute atomic E-state index is 0.120. The molecule has 146 valence electrons. The van der Waals surface area contributed by atoms with E-state index in [9.17, 15) is 14.7 Å². The molecule has 1 aliphatic rings. The van der Waals surface area contributed by atoms with Gasteiger partial charge in [-0.05, 0) is 30.3 Å². The minimum atomic E-state index is -1.34. The highest BCUT2D eigenvalue weighted by atomic mass is 35.5. The molecule has 0 saturated carbocycles. The highest BCUT2D eigenvalue weighted by molar-refractivity contribution is 7.99. The van der Waals surface area contributed by atoms with Gasteiger partial charge in [-0.1, -0.05) is 35.5 Å². The summed E-state index contributed by atoms with van der Waals surface area (Å²) in [6.45, 7) is 2.90. The van der Waals surface area contributed by atoms with Crippen molar-refractivity contribution in [2.24, 2.45) is 0 Å². The minimum Gasteiger partial charge on any atom is -0.507 e. The summed E-state index contributed by atoms with van der Waals surface area (Å²) in [6, 6.07) is 10.5. The fraction of sp³-hybridized carbons (Fsp3) is 0.200. The number of carbonyl (C=O) groups is 2. The quantitative estimate of drug-likeness (QED) is 0.445. The van der Waals surface area contributed by atoms with Crippen LogP contribution in [0.5, 0.6) is 11.5 Å². The van der Waals surface area contributed by atoms with E-state index in [-0.39, 0.29) is 21.9 Å². The van der Waals surface area contributed by atoms with E-state index < -0.39 is 17.7 Å². The van der Waals surface area contributed by atoms with Gasteiger partial charge in [-0.15, -0.1) is 0 Å². The molecule has 2 aromatic carbocycles. The zero-order valence-electron chi connectivity index (χ0n) is 15.3. The largest absolute Gasteiger partial charge is 0.507 e. The van der Waals surface area contributed by atoms with E-state index in [1.807, 2.05) is 24.3 Å². The van der Waals surface area contributed by atoms with Gasteiger partial charge >= 0.3 is 11.9 Å². The molecule has 0 atom stereocenters. The van der Waals surface area contributed by atoms with Crippen LogP contribution in [0.3, 0.4) is 0 Å². The lowest BCUT2D eigenvalue weighted by Gasteiger charge is -2.29. The number of halogens is 1. The van der Waals surface area contributed by atoms with Crippen molar-refractivity contribution in [3.05, 3.63) is 52.6 Å². The van der Waals surface area contributed by atoms with E-state index in [0.29, 0.717) is 10.6 Å². The lowest BCUT2D eigenvalue weighted by atomic mass is 10.1. The van der Waals surface area contributed by atoms with Crippen LogP contribution in [0.1, 0.15) is 19.4 Å². The molecule has 28 heavy (non-hydrogen) atoms. The van der Waals surface area contributed by atoms with E-state index in [4.69, 9.17) is 25.8 Å². The number of ether oxygens (including phenoxy) is 3. The van der Waals surface area contributed by atoms with E-state index in [0.717, 1.165) is 11.0 Å². The zero-order chi connectivity index (χ0) is 20.5. The second kappa shape index (κ2) is 7.77. The Balaban J connectivity index is 1.93. The number of para-hydroxylation sites is 1. The van der Waals surface area contributed by atoms with Crippen LogP contribution in [0.4, 0.5) is 0 Å². The number of benzene rings is 2. The second-order valence-corrected chi connectivity index (χ2v) is 7.85. The van der Waals surface area contributed by atoms with Gasteiger partial charge in [0.25, 0.3) is 5.79 Å². The van der Waals surface area contributed by atoms with Crippen molar-refractivity contribution in [1.29, 1.82) is 0 Å². The van der Waals surface area contributed by atoms with Gasteiger partial charge in [0.1, 0.15) is 17.1 Å². The van der Waals surface area contributed by atoms with Gasteiger partial charge in [-0.25, -0.2) is 9.59 Å². The summed E-state index contributed by atoms with van der Waals surface area (Å²) in [6.07, 6.45) is 1.16. The zero-order valence-corrected chi connectivity index (χ0v) is 16.9. The molecule has 0 aromatic heterocycles. The van der Waals surface area contributed by atoms with Crippen LogP contribution in [-0.2, 0) is 19.1 Å². The molecule has 1 N–H and O–H groups in total. The van der Waals surface area contributed by atoms with Gasteiger partial charge in [0, 0.05) is 24.3 Å². The van der Waals surface area contributed by atoms with Gasteiger partial charge in [-0.3, -0.25) is 0 Å². The van der Waals surface area contributed by atoms with Crippen LogP contribution < -0.4 is 4.74 Å². The first-order chi connectivity index (χ1) is 13.2. The van der Waals surface area contributed by atoms with E-state index in [1.165, 1.54) is 31.7 Å². The number of cyclic esters (lactones) is 2. The van der Waals surface area contributed by atoms with Crippen molar-refractivity contribution in [1.82, 2.24) is 0 Å². The molecule has 1 heterocycles. The third-order valence-electron chi connectivity index (χ3n) is 3.78. The first kappa shape index (κ1) is 20.1. The number of hydrogen-bond donors (Lipinski definition) is 1. The summed E-state index contributed by atoms with van der Waals surface area (Å²) < 4.78 is 15.4. The molecule has 1 saturated heterocycles. The fourth-order valence-corrected chi connectivity index (χ4v) is 3.87. The Morgan fingerprint density at radius 2 is 1.79 bits per heavy atom.